The minimum Gasteiger partial charge on any atom is -0.310 e. The van der Waals surface area contributed by atoms with Crippen LogP contribution in [0.4, 0.5) is 0 Å². The predicted octanol–water partition coefficient (Wildman–Crippen LogP) is 8.83. The largest absolute Gasteiger partial charge is 0.310 e. The lowest BCUT2D eigenvalue weighted by Gasteiger charge is -2.21. The highest BCUT2D eigenvalue weighted by Gasteiger charge is 2.37. The van der Waals surface area contributed by atoms with Crippen LogP contribution in [0.3, 0.4) is 0 Å². The summed E-state index contributed by atoms with van der Waals surface area (Å²) in [5.41, 5.74) is 14.3. The number of fused-ring (bicyclic) bond motifs is 6. The van der Waals surface area contributed by atoms with Gasteiger partial charge in [-0.3, -0.25) is 9.97 Å². The van der Waals surface area contributed by atoms with Crippen LogP contribution in [0, 0.1) is 0 Å². The highest BCUT2D eigenvalue weighted by atomic mass is 15.0. The highest BCUT2D eigenvalue weighted by Crippen LogP contribution is 2.47. The molecule has 0 aliphatic heterocycles. The molecule has 0 unspecified atom stereocenters. The molecule has 3 heterocycles. The minimum absolute atomic E-state index is 0.141. The molecule has 3 aromatic heterocycles. The molecule has 9 rings (SSSR count). The van der Waals surface area contributed by atoms with Gasteiger partial charge in [-0.1, -0.05) is 98.8 Å². The van der Waals surface area contributed by atoms with E-state index in [2.05, 4.69) is 140 Å². The van der Waals surface area contributed by atoms with Crippen molar-refractivity contribution >= 4 is 22.6 Å². The van der Waals surface area contributed by atoms with E-state index in [1.807, 2.05) is 18.5 Å². The Morgan fingerprint density at radius 2 is 1.35 bits per heavy atom. The maximum absolute atomic E-state index is 4.99. The van der Waals surface area contributed by atoms with E-state index in [4.69, 9.17) is 9.97 Å². The number of para-hydroxylation sites is 1. The van der Waals surface area contributed by atoms with Crippen LogP contribution >= 0.6 is 0 Å². The number of aromatic nitrogens is 3. The van der Waals surface area contributed by atoms with E-state index in [0.29, 0.717) is 0 Å². The quantitative estimate of drug-likeness (QED) is 0.205. The topological polar surface area (TPSA) is 30.7 Å². The summed E-state index contributed by atoms with van der Waals surface area (Å²) in [5, 5.41) is 3.92. The third kappa shape index (κ3) is 4.05. The Labute approximate surface area is 268 Å². The van der Waals surface area contributed by atoms with E-state index >= 15 is 0 Å². The van der Waals surface area contributed by atoms with Crippen molar-refractivity contribution < 1.29 is 0 Å². The summed E-state index contributed by atoms with van der Waals surface area (Å²) in [4.78, 5) is 9.69. The number of hydrogen-bond donors (Lipinski definition) is 0. The first-order valence-electron chi connectivity index (χ1n) is 16.1. The van der Waals surface area contributed by atoms with Crippen molar-refractivity contribution in [1.29, 1.82) is 0 Å². The molecule has 0 spiro atoms. The molecule has 0 atom stereocenters. The Morgan fingerprint density at radius 1 is 0.609 bits per heavy atom. The Bertz CT molecular complexity index is 2430. The van der Waals surface area contributed by atoms with Crippen LogP contribution in [-0.4, -0.2) is 14.5 Å². The van der Waals surface area contributed by atoms with Gasteiger partial charge in [0.2, 0.25) is 0 Å². The lowest BCUT2D eigenvalue weighted by atomic mass is 9.82. The third-order valence-electron chi connectivity index (χ3n) is 9.97. The van der Waals surface area contributed by atoms with Gasteiger partial charge in [0.05, 0.1) is 22.3 Å². The standard InChI is InChI=1S/C43H33N3/c1-43(2)36-19-11-23-44-41(36)42-37(43)26-32(27-45-42)29-14-9-15-31(24-29)34-18-10-20-39-40(34)35-25-30(28-12-5-3-6-13-28)21-22-38(35)46(39)33-16-7-4-8-17-33/h3-9,11-17,19-27H,10,18H2,1-2H3. The second-order valence-corrected chi connectivity index (χ2v) is 13.0. The number of rotatable bonds is 4. The van der Waals surface area contributed by atoms with Gasteiger partial charge in [-0.2, -0.15) is 0 Å². The first-order chi connectivity index (χ1) is 22.6. The number of benzene rings is 4. The molecule has 2 aliphatic rings. The molecule has 220 valence electrons. The lowest BCUT2D eigenvalue weighted by Crippen LogP contribution is -2.32. The van der Waals surface area contributed by atoms with Crippen molar-refractivity contribution in [3.63, 3.8) is 0 Å². The van der Waals surface area contributed by atoms with Gasteiger partial charge < -0.3 is 4.57 Å². The monoisotopic (exact) mass is 591 g/mol. The van der Waals surface area contributed by atoms with Crippen LogP contribution < -0.4 is 10.6 Å². The number of hydrogen-bond acceptors (Lipinski definition) is 2. The molecule has 0 radical (unpaired) electrons. The summed E-state index contributed by atoms with van der Waals surface area (Å²) >= 11 is 0. The van der Waals surface area contributed by atoms with Gasteiger partial charge in [-0.05, 0) is 94.3 Å². The lowest BCUT2D eigenvalue weighted by molar-refractivity contribution is 0.658. The van der Waals surface area contributed by atoms with Gasteiger partial charge in [-0.15, -0.1) is 0 Å². The van der Waals surface area contributed by atoms with Crippen molar-refractivity contribution in [2.45, 2.75) is 32.1 Å². The number of nitrogens with zero attached hydrogens (tertiary/aromatic N) is 3. The van der Waals surface area contributed by atoms with E-state index in [-0.39, 0.29) is 5.41 Å². The normalized spacial score (nSPS) is 14.4. The maximum atomic E-state index is 4.99. The van der Waals surface area contributed by atoms with Crippen LogP contribution in [0.15, 0.2) is 134 Å². The van der Waals surface area contributed by atoms with E-state index in [9.17, 15) is 0 Å². The second-order valence-electron chi connectivity index (χ2n) is 13.0. The Hall–Kier alpha value is -5.54. The average molecular weight is 592 g/mol. The first kappa shape index (κ1) is 26.8. The van der Waals surface area contributed by atoms with E-state index in [1.165, 1.54) is 66.1 Å². The Kier molecular flexibility index (Phi) is 5.98. The molecule has 3 nitrogen and oxygen atoms in total. The van der Waals surface area contributed by atoms with Gasteiger partial charge in [0.15, 0.2) is 0 Å². The number of pyridine rings is 2. The molecule has 4 aromatic carbocycles. The minimum atomic E-state index is -0.141. The van der Waals surface area contributed by atoms with Gasteiger partial charge >= 0.3 is 0 Å². The van der Waals surface area contributed by atoms with Crippen molar-refractivity contribution in [1.82, 2.24) is 14.5 Å². The molecular weight excluding hydrogens is 558 g/mol. The summed E-state index contributed by atoms with van der Waals surface area (Å²) in [6.07, 6.45) is 8.32. The molecule has 7 aromatic rings. The fraction of sp³-hybridized carbons (Fsp3) is 0.116. The smallest absolute Gasteiger partial charge is 0.0930 e. The molecule has 0 amide bonds. The fourth-order valence-electron chi connectivity index (χ4n) is 7.67. The van der Waals surface area contributed by atoms with Gasteiger partial charge in [0.25, 0.3) is 0 Å². The zero-order valence-corrected chi connectivity index (χ0v) is 26.0. The van der Waals surface area contributed by atoms with Crippen molar-refractivity contribution in [2.24, 2.45) is 0 Å². The van der Waals surface area contributed by atoms with Gasteiger partial charge in [-0.25, -0.2) is 0 Å². The SMILES string of the molecule is CC1(C)c2cccnc2-c2ncc(-c3cccc(C4=c5c(n(-c6ccccc6)c6ccc(-c7ccccc7)cc56)=CCC4)c3)cc21. The van der Waals surface area contributed by atoms with Crippen LogP contribution in [0.5, 0.6) is 0 Å². The van der Waals surface area contributed by atoms with Crippen LogP contribution in [0.2, 0.25) is 0 Å². The fourth-order valence-corrected chi connectivity index (χ4v) is 7.67. The van der Waals surface area contributed by atoms with Crippen LogP contribution in [0.1, 0.15) is 43.4 Å². The van der Waals surface area contributed by atoms with E-state index in [0.717, 1.165) is 29.8 Å². The second kappa shape index (κ2) is 10.3. The van der Waals surface area contributed by atoms with E-state index in [1.54, 1.807) is 0 Å². The molecule has 0 saturated heterocycles. The maximum Gasteiger partial charge on any atom is 0.0930 e. The molecule has 0 bridgehead atoms. The molecule has 0 fully saturated rings. The Balaban J connectivity index is 1.26. The van der Waals surface area contributed by atoms with Crippen molar-refractivity contribution in [3.05, 3.63) is 161 Å². The third-order valence-corrected chi connectivity index (χ3v) is 9.97. The van der Waals surface area contributed by atoms with E-state index < -0.39 is 0 Å². The average Bonchev–Trinajstić information content (AvgIpc) is 3.57. The summed E-state index contributed by atoms with van der Waals surface area (Å²) in [7, 11) is 0. The molecule has 2 aliphatic carbocycles. The summed E-state index contributed by atoms with van der Waals surface area (Å²) in [6, 6.07) is 44.1. The van der Waals surface area contributed by atoms with Crippen molar-refractivity contribution in [3.8, 4) is 39.3 Å². The summed E-state index contributed by atoms with van der Waals surface area (Å²) in [5.74, 6) is 0. The molecule has 46 heavy (non-hydrogen) atoms. The van der Waals surface area contributed by atoms with Crippen molar-refractivity contribution in [2.75, 3.05) is 0 Å². The van der Waals surface area contributed by atoms with Crippen LogP contribution in [0.25, 0.3) is 61.9 Å². The molecule has 3 heteroatoms. The first-order valence-corrected chi connectivity index (χ1v) is 16.1. The summed E-state index contributed by atoms with van der Waals surface area (Å²) < 4.78 is 2.45. The zero-order valence-electron chi connectivity index (χ0n) is 26.0. The molecular formula is C43H33N3. The Morgan fingerprint density at radius 3 is 2.20 bits per heavy atom. The summed E-state index contributed by atoms with van der Waals surface area (Å²) in [6.45, 7) is 4.56. The van der Waals surface area contributed by atoms with Crippen LogP contribution in [-0.2, 0) is 5.41 Å². The predicted molar refractivity (Wildman–Crippen MR) is 189 cm³/mol. The highest BCUT2D eigenvalue weighted by molar-refractivity contribution is 5.92. The molecule has 0 N–H and O–H groups in total. The van der Waals surface area contributed by atoms with Gasteiger partial charge in [0, 0.05) is 39.7 Å². The molecule has 0 saturated carbocycles. The van der Waals surface area contributed by atoms with Gasteiger partial charge in [0.1, 0.15) is 0 Å². The zero-order chi connectivity index (χ0) is 30.8.